The fourth-order valence-corrected chi connectivity index (χ4v) is 1.51. The first kappa shape index (κ1) is 10.6. The number of aromatic nitrogens is 2. The molecule has 13 heavy (non-hydrogen) atoms. The topological polar surface area (TPSA) is 29.9 Å². The van der Waals surface area contributed by atoms with Crippen molar-refractivity contribution in [2.24, 2.45) is 0 Å². The molecule has 0 aromatic carbocycles. The van der Waals surface area contributed by atoms with Crippen molar-refractivity contribution in [3.63, 3.8) is 0 Å². The lowest BCUT2D eigenvalue weighted by molar-refractivity contribution is 0.601. The molecule has 3 nitrogen and oxygen atoms in total. The van der Waals surface area contributed by atoms with Gasteiger partial charge in [0.25, 0.3) is 0 Å². The number of rotatable bonds is 3. The first-order chi connectivity index (χ1) is 6.00. The molecule has 0 radical (unpaired) electrons. The van der Waals surface area contributed by atoms with Gasteiger partial charge in [0.1, 0.15) is 4.60 Å². The molecule has 1 N–H and O–H groups in total. The van der Waals surface area contributed by atoms with Crippen LogP contribution < -0.4 is 5.32 Å². The van der Waals surface area contributed by atoms with Crippen LogP contribution in [0.1, 0.15) is 33.7 Å². The van der Waals surface area contributed by atoms with Crippen LogP contribution in [0.3, 0.4) is 0 Å². The van der Waals surface area contributed by atoms with Gasteiger partial charge in [0.05, 0.1) is 0 Å². The summed E-state index contributed by atoms with van der Waals surface area (Å²) in [4.78, 5) is 4.34. The Morgan fingerprint density at radius 1 is 1.38 bits per heavy atom. The van der Waals surface area contributed by atoms with Crippen molar-refractivity contribution >= 4 is 21.9 Å². The fourth-order valence-electron chi connectivity index (χ4n) is 1.12. The second-order valence-corrected chi connectivity index (χ2v) is 4.50. The minimum absolute atomic E-state index is 0.409. The molecule has 0 amide bonds. The lowest BCUT2D eigenvalue weighted by Crippen LogP contribution is -2.15. The van der Waals surface area contributed by atoms with Crippen LogP contribution in [0.4, 0.5) is 5.95 Å². The molecule has 0 aliphatic heterocycles. The minimum Gasteiger partial charge on any atom is -0.353 e. The molecule has 0 saturated heterocycles. The smallest absolute Gasteiger partial charge is 0.204 e. The largest absolute Gasteiger partial charge is 0.353 e. The molecule has 0 saturated carbocycles. The van der Waals surface area contributed by atoms with Crippen LogP contribution in [0.5, 0.6) is 0 Å². The number of hydrogen-bond donors (Lipinski definition) is 1. The van der Waals surface area contributed by atoms with E-state index in [9.17, 15) is 0 Å². The van der Waals surface area contributed by atoms with Crippen molar-refractivity contribution in [3.05, 3.63) is 10.8 Å². The summed E-state index contributed by atoms with van der Waals surface area (Å²) in [5.41, 5.74) is 0. The number of anilines is 1. The van der Waals surface area contributed by atoms with Gasteiger partial charge in [-0.25, -0.2) is 4.98 Å². The molecule has 0 atom stereocenters. The maximum Gasteiger partial charge on any atom is 0.204 e. The number of nitrogens with one attached hydrogen (secondary N) is 1. The molecule has 0 bridgehead atoms. The van der Waals surface area contributed by atoms with Gasteiger partial charge in [-0.1, -0.05) is 0 Å². The van der Waals surface area contributed by atoms with E-state index in [1.54, 1.807) is 0 Å². The Labute approximate surface area is 87.7 Å². The summed E-state index contributed by atoms with van der Waals surface area (Å²) in [6.07, 6.45) is 2.00. The number of imidazole rings is 1. The van der Waals surface area contributed by atoms with Crippen LogP contribution in [0.25, 0.3) is 0 Å². The van der Waals surface area contributed by atoms with Crippen molar-refractivity contribution in [2.45, 2.75) is 39.8 Å². The van der Waals surface area contributed by atoms with Gasteiger partial charge in [-0.2, -0.15) is 0 Å². The standard InChI is InChI=1S/C9H16BrN3/c1-6(2)11-9-12-8(10)5-13(9)7(3)4/h5-7H,1-4H3,(H,11,12). The first-order valence-electron chi connectivity index (χ1n) is 4.51. The van der Waals surface area contributed by atoms with Crippen molar-refractivity contribution in [3.8, 4) is 0 Å². The second kappa shape index (κ2) is 4.13. The van der Waals surface area contributed by atoms with E-state index in [-0.39, 0.29) is 0 Å². The molecule has 1 aromatic rings. The molecule has 0 aliphatic carbocycles. The molecule has 74 valence electrons. The van der Waals surface area contributed by atoms with E-state index in [2.05, 4.69) is 58.5 Å². The molecule has 0 spiro atoms. The summed E-state index contributed by atoms with van der Waals surface area (Å²) in [6, 6.07) is 0.840. The minimum atomic E-state index is 0.409. The third-order valence-corrected chi connectivity index (χ3v) is 2.06. The molecule has 1 aromatic heterocycles. The number of nitrogens with zero attached hydrogens (tertiary/aromatic N) is 2. The lowest BCUT2D eigenvalue weighted by Gasteiger charge is -2.14. The van der Waals surface area contributed by atoms with Gasteiger partial charge >= 0.3 is 0 Å². The maximum atomic E-state index is 4.34. The third kappa shape index (κ3) is 2.72. The quantitative estimate of drug-likeness (QED) is 0.888. The maximum absolute atomic E-state index is 4.34. The van der Waals surface area contributed by atoms with E-state index in [1.807, 2.05) is 6.20 Å². The second-order valence-electron chi connectivity index (χ2n) is 3.69. The first-order valence-corrected chi connectivity index (χ1v) is 5.31. The van der Waals surface area contributed by atoms with Gasteiger partial charge in [0.15, 0.2) is 0 Å². The highest BCUT2D eigenvalue weighted by Gasteiger charge is 2.09. The number of halogens is 1. The highest BCUT2D eigenvalue weighted by atomic mass is 79.9. The Morgan fingerprint density at radius 3 is 2.46 bits per heavy atom. The highest BCUT2D eigenvalue weighted by Crippen LogP contribution is 2.19. The average molecular weight is 246 g/mol. The Bertz CT molecular complexity index is 278. The summed E-state index contributed by atoms with van der Waals surface area (Å²) in [6.45, 7) is 8.49. The fraction of sp³-hybridized carbons (Fsp3) is 0.667. The molecular formula is C9H16BrN3. The Hall–Kier alpha value is -0.510. The summed E-state index contributed by atoms with van der Waals surface area (Å²) in [5.74, 6) is 0.928. The summed E-state index contributed by atoms with van der Waals surface area (Å²) in [5, 5.41) is 3.30. The predicted octanol–water partition coefficient (Wildman–Crippen LogP) is 3.05. The van der Waals surface area contributed by atoms with E-state index < -0.39 is 0 Å². The zero-order chi connectivity index (χ0) is 10.0. The van der Waals surface area contributed by atoms with Crippen molar-refractivity contribution < 1.29 is 0 Å². The molecule has 1 heterocycles. The van der Waals surface area contributed by atoms with E-state index in [0.29, 0.717) is 12.1 Å². The van der Waals surface area contributed by atoms with E-state index in [4.69, 9.17) is 0 Å². The molecule has 0 fully saturated rings. The SMILES string of the molecule is CC(C)Nc1nc(Br)cn1C(C)C. The summed E-state index contributed by atoms with van der Waals surface area (Å²) < 4.78 is 2.99. The zero-order valence-corrected chi connectivity index (χ0v) is 10.1. The molecule has 0 aliphatic rings. The summed E-state index contributed by atoms with van der Waals surface area (Å²) in [7, 11) is 0. The van der Waals surface area contributed by atoms with Gasteiger partial charge in [0.2, 0.25) is 5.95 Å². The molecule has 0 unspecified atom stereocenters. The predicted molar refractivity (Wildman–Crippen MR) is 59.1 cm³/mol. The lowest BCUT2D eigenvalue weighted by atomic mass is 10.4. The van der Waals surface area contributed by atoms with Crippen LogP contribution in [0.15, 0.2) is 10.8 Å². The zero-order valence-electron chi connectivity index (χ0n) is 8.50. The van der Waals surface area contributed by atoms with Crippen LogP contribution in [-0.4, -0.2) is 15.6 Å². The van der Waals surface area contributed by atoms with Crippen molar-refractivity contribution in [2.75, 3.05) is 5.32 Å². The third-order valence-electron chi connectivity index (χ3n) is 1.68. The van der Waals surface area contributed by atoms with E-state index in [0.717, 1.165) is 10.6 Å². The Balaban J connectivity index is 2.91. The highest BCUT2D eigenvalue weighted by molar-refractivity contribution is 9.10. The Morgan fingerprint density at radius 2 is 2.00 bits per heavy atom. The van der Waals surface area contributed by atoms with Gasteiger partial charge in [-0.3, -0.25) is 0 Å². The van der Waals surface area contributed by atoms with Gasteiger partial charge in [-0.05, 0) is 43.6 Å². The van der Waals surface area contributed by atoms with Crippen molar-refractivity contribution in [1.82, 2.24) is 9.55 Å². The van der Waals surface area contributed by atoms with E-state index >= 15 is 0 Å². The van der Waals surface area contributed by atoms with Gasteiger partial charge in [0, 0.05) is 18.3 Å². The normalized spacial score (nSPS) is 11.3. The summed E-state index contributed by atoms with van der Waals surface area (Å²) >= 11 is 3.37. The average Bonchev–Trinajstić information content (AvgIpc) is 2.29. The van der Waals surface area contributed by atoms with Crippen LogP contribution in [-0.2, 0) is 0 Å². The Kier molecular flexibility index (Phi) is 3.36. The van der Waals surface area contributed by atoms with Crippen LogP contribution >= 0.6 is 15.9 Å². The van der Waals surface area contributed by atoms with E-state index in [1.165, 1.54) is 0 Å². The molecule has 1 rings (SSSR count). The van der Waals surface area contributed by atoms with Crippen LogP contribution in [0.2, 0.25) is 0 Å². The van der Waals surface area contributed by atoms with Gasteiger partial charge < -0.3 is 9.88 Å². The van der Waals surface area contributed by atoms with Crippen LogP contribution in [0, 0.1) is 0 Å². The van der Waals surface area contributed by atoms with Gasteiger partial charge in [-0.15, -0.1) is 0 Å². The molecular weight excluding hydrogens is 230 g/mol. The van der Waals surface area contributed by atoms with Crippen molar-refractivity contribution in [1.29, 1.82) is 0 Å². The number of hydrogen-bond acceptors (Lipinski definition) is 2. The monoisotopic (exact) mass is 245 g/mol. The molecule has 4 heteroatoms.